The topological polar surface area (TPSA) is 29.3 Å². The van der Waals surface area contributed by atoms with Gasteiger partial charge in [-0.2, -0.15) is 0 Å². The maximum atomic E-state index is 12.0. The van der Waals surface area contributed by atoms with Crippen LogP contribution in [0, 0.1) is 5.92 Å². The molecule has 0 aliphatic heterocycles. The average molecular weight is 222 g/mol. The lowest BCUT2D eigenvalue weighted by Crippen LogP contribution is -2.26. The van der Waals surface area contributed by atoms with Crippen LogP contribution in [-0.2, 0) is 0 Å². The highest BCUT2D eigenvalue weighted by Gasteiger charge is 2.09. The molecule has 0 aromatic heterocycles. The van der Waals surface area contributed by atoms with Crippen molar-refractivity contribution in [2.45, 2.75) is 39.0 Å². The zero-order chi connectivity index (χ0) is 11.7. The van der Waals surface area contributed by atoms with E-state index in [-0.39, 0.29) is 6.54 Å². The van der Waals surface area contributed by atoms with Crippen molar-refractivity contribution in [3.63, 3.8) is 0 Å². The third-order valence-electron chi connectivity index (χ3n) is 2.75. The van der Waals surface area contributed by atoms with E-state index in [2.05, 4.69) is 6.92 Å². The van der Waals surface area contributed by atoms with Crippen molar-refractivity contribution in [1.29, 1.82) is 0 Å². The average Bonchev–Trinajstić information content (AvgIpc) is 2.15. The van der Waals surface area contributed by atoms with Crippen molar-refractivity contribution in [2.75, 3.05) is 26.7 Å². The first kappa shape index (κ1) is 14.8. The van der Waals surface area contributed by atoms with E-state index < -0.39 is 6.43 Å². The molecule has 0 amide bonds. The largest absolute Gasteiger partial charge is 0.330 e. The van der Waals surface area contributed by atoms with Crippen LogP contribution in [0.2, 0.25) is 0 Å². The molecule has 1 unspecified atom stereocenters. The molecule has 0 aromatic rings. The zero-order valence-corrected chi connectivity index (χ0v) is 9.88. The maximum absolute atomic E-state index is 12.0. The minimum Gasteiger partial charge on any atom is -0.330 e. The first-order valence-corrected chi connectivity index (χ1v) is 5.76. The Morgan fingerprint density at radius 1 is 1.27 bits per heavy atom. The highest BCUT2D eigenvalue weighted by molar-refractivity contribution is 4.60. The van der Waals surface area contributed by atoms with Gasteiger partial charge in [0, 0.05) is 0 Å². The van der Waals surface area contributed by atoms with Crippen molar-refractivity contribution >= 4 is 0 Å². The fourth-order valence-electron chi connectivity index (χ4n) is 1.77. The lowest BCUT2D eigenvalue weighted by molar-refractivity contribution is 0.0989. The highest BCUT2D eigenvalue weighted by atomic mass is 19.3. The van der Waals surface area contributed by atoms with Crippen LogP contribution in [0.25, 0.3) is 0 Å². The van der Waals surface area contributed by atoms with Crippen molar-refractivity contribution in [3.8, 4) is 0 Å². The number of hydrogen-bond acceptors (Lipinski definition) is 2. The highest BCUT2D eigenvalue weighted by Crippen LogP contribution is 2.14. The summed E-state index contributed by atoms with van der Waals surface area (Å²) in [6, 6.07) is 0. The van der Waals surface area contributed by atoms with Crippen molar-refractivity contribution in [2.24, 2.45) is 11.7 Å². The van der Waals surface area contributed by atoms with Crippen LogP contribution in [0.15, 0.2) is 0 Å². The van der Waals surface area contributed by atoms with Gasteiger partial charge in [0.1, 0.15) is 0 Å². The van der Waals surface area contributed by atoms with Gasteiger partial charge in [-0.15, -0.1) is 0 Å². The molecule has 1 atom stereocenters. The van der Waals surface area contributed by atoms with Gasteiger partial charge >= 0.3 is 0 Å². The molecule has 2 N–H and O–H groups in total. The Morgan fingerprint density at radius 2 is 1.93 bits per heavy atom. The van der Waals surface area contributed by atoms with E-state index in [0.717, 1.165) is 38.8 Å². The SMILES string of the molecule is CCC(CCN)CCCN(C)CC(F)F. The van der Waals surface area contributed by atoms with Gasteiger partial charge in [0.15, 0.2) is 0 Å². The fraction of sp³-hybridized carbons (Fsp3) is 1.00. The molecular weight excluding hydrogens is 198 g/mol. The number of nitrogens with two attached hydrogens (primary N) is 1. The molecule has 0 fully saturated rings. The molecule has 2 nitrogen and oxygen atoms in total. The maximum Gasteiger partial charge on any atom is 0.251 e. The normalized spacial score (nSPS) is 13.8. The minimum absolute atomic E-state index is 0.117. The summed E-state index contributed by atoms with van der Waals surface area (Å²) < 4.78 is 24.0. The molecule has 0 heterocycles. The molecule has 0 radical (unpaired) electrons. The van der Waals surface area contributed by atoms with E-state index in [1.165, 1.54) is 0 Å². The van der Waals surface area contributed by atoms with Gasteiger partial charge in [-0.05, 0) is 45.3 Å². The van der Waals surface area contributed by atoms with Crippen LogP contribution in [0.4, 0.5) is 8.78 Å². The van der Waals surface area contributed by atoms with Crippen molar-refractivity contribution in [1.82, 2.24) is 4.90 Å². The lowest BCUT2D eigenvalue weighted by atomic mass is 9.97. The quantitative estimate of drug-likeness (QED) is 0.649. The van der Waals surface area contributed by atoms with Gasteiger partial charge in [0.25, 0.3) is 6.43 Å². The summed E-state index contributed by atoms with van der Waals surface area (Å²) in [5, 5.41) is 0. The smallest absolute Gasteiger partial charge is 0.251 e. The summed E-state index contributed by atoms with van der Waals surface area (Å²) in [6.45, 7) is 3.52. The predicted molar refractivity (Wildman–Crippen MR) is 60.2 cm³/mol. The van der Waals surface area contributed by atoms with Gasteiger partial charge in [-0.25, -0.2) is 8.78 Å². The zero-order valence-electron chi connectivity index (χ0n) is 9.88. The Morgan fingerprint density at radius 3 is 2.40 bits per heavy atom. The Hall–Kier alpha value is -0.220. The summed E-state index contributed by atoms with van der Waals surface area (Å²) in [6.07, 6.45) is 2.05. The van der Waals surface area contributed by atoms with Crippen LogP contribution < -0.4 is 5.73 Å². The van der Waals surface area contributed by atoms with Crippen LogP contribution in [0.1, 0.15) is 32.6 Å². The molecule has 0 aromatic carbocycles. The standard InChI is InChI=1S/C11H24F2N2/c1-3-10(6-7-14)5-4-8-15(2)9-11(12)13/h10-11H,3-9,14H2,1-2H3. The second kappa shape index (κ2) is 9.04. The molecule has 15 heavy (non-hydrogen) atoms. The monoisotopic (exact) mass is 222 g/mol. The van der Waals surface area contributed by atoms with Gasteiger partial charge in [-0.1, -0.05) is 13.3 Å². The Labute approximate surface area is 91.8 Å². The number of hydrogen-bond donors (Lipinski definition) is 1. The molecule has 0 saturated heterocycles. The van der Waals surface area contributed by atoms with E-state index in [0.29, 0.717) is 5.92 Å². The number of nitrogens with zero attached hydrogens (tertiary/aromatic N) is 1. The summed E-state index contributed by atoms with van der Waals surface area (Å²) in [5.74, 6) is 0.662. The molecule has 0 saturated carbocycles. The predicted octanol–water partition coefficient (Wildman–Crippen LogP) is 2.34. The van der Waals surface area contributed by atoms with Crippen molar-refractivity contribution in [3.05, 3.63) is 0 Å². The summed E-state index contributed by atoms with van der Waals surface area (Å²) >= 11 is 0. The van der Waals surface area contributed by atoms with E-state index in [4.69, 9.17) is 5.73 Å². The number of alkyl halides is 2. The van der Waals surface area contributed by atoms with Crippen LogP contribution >= 0.6 is 0 Å². The van der Waals surface area contributed by atoms with Gasteiger partial charge in [0.2, 0.25) is 0 Å². The molecule has 0 bridgehead atoms. The summed E-state index contributed by atoms with van der Waals surface area (Å²) in [5.41, 5.74) is 5.49. The Balaban J connectivity index is 3.49. The van der Waals surface area contributed by atoms with E-state index in [9.17, 15) is 8.78 Å². The fourth-order valence-corrected chi connectivity index (χ4v) is 1.77. The Bertz CT molecular complexity index is 143. The molecule has 4 heteroatoms. The first-order valence-electron chi connectivity index (χ1n) is 5.76. The number of rotatable bonds is 9. The number of halogens is 2. The third-order valence-corrected chi connectivity index (χ3v) is 2.75. The molecule has 0 aliphatic carbocycles. The summed E-state index contributed by atoms with van der Waals surface area (Å²) in [4.78, 5) is 1.69. The second-order valence-electron chi connectivity index (χ2n) is 4.15. The Kier molecular flexibility index (Phi) is 8.91. The second-order valence-corrected chi connectivity index (χ2v) is 4.15. The van der Waals surface area contributed by atoms with Gasteiger partial charge in [0.05, 0.1) is 6.54 Å². The first-order chi connectivity index (χ1) is 7.10. The van der Waals surface area contributed by atoms with Crippen LogP contribution in [0.5, 0.6) is 0 Å². The lowest BCUT2D eigenvalue weighted by Gasteiger charge is -2.18. The third kappa shape index (κ3) is 8.75. The molecule has 0 aliphatic rings. The minimum atomic E-state index is -2.22. The molecular formula is C11H24F2N2. The van der Waals surface area contributed by atoms with Crippen LogP contribution in [0.3, 0.4) is 0 Å². The molecule has 0 spiro atoms. The van der Waals surface area contributed by atoms with Crippen molar-refractivity contribution < 1.29 is 8.78 Å². The van der Waals surface area contributed by atoms with E-state index >= 15 is 0 Å². The van der Waals surface area contributed by atoms with Gasteiger partial charge in [-0.3, -0.25) is 0 Å². The summed E-state index contributed by atoms with van der Waals surface area (Å²) in [7, 11) is 1.75. The van der Waals surface area contributed by atoms with Gasteiger partial charge < -0.3 is 10.6 Å². The van der Waals surface area contributed by atoms with E-state index in [1.807, 2.05) is 0 Å². The van der Waals surface area contributed by atoms with Crippen LogP contribution in [-0.4, -0.2) is 38.0 Å². The van der Waals surface area contributed by atoms with E-state index in [1.54, 1.807) is 11.9 Å². The molecule has 0 rings (SSSR count). The molecule has 92 valence electrons.